The summed E-state index contributed by atoms with van der Waals surface area (Å²) < 4.78 is 37.7. The Morgan fingerprint density at radius 1 is 1.35 bits per heavy atom. The zero-order chi connectivity index (χ0) is 13.1. The number of rotatable bonds is 4. The Kier molecular flexibility index (Phi) is 4.36. The van der Waals surface area contributed by atoms with Crippen molar-refractivity contribution in [3.63, 3.8) is 0 Å². The fourth-order valence-electron chi connectivity index (χ4n) is 1.67. The number of nitrogens with one attached hydrogen (secondary N) is 1. The van der Waals surface area contributed by atoms with Crippen LogP contribution in [0.25, 0.3) is 0 Å². The van der Waals surface area contributed by atoms with Gasteiger partial charge in [-0.1, -0.05) is 13.3 Å². The molecule has 0 fully saturated rings. The van der Waals surface area contributed by atoms with Gasteiger partial charge in [0, 0.05) is 11.7 Å². The Labute approximate surface area is 98.0 Å². The van der Waals surface area contributed by atoms with E-state index in [1.807, 2.05) is 6.92 Å². The SMILES string of the molecule is CCCC(NN)c1cc(C(F)(F)F)ccc1N. The molecule has 0 aliphatic rings. The van der Waals surface area contributed by atoms with Gasteiger partial charge in [0.05, 0.1) is 5.56 Å². The van der Waals surface area contributed by atoms with Crippen LogP contribution in [0.5, 0.6) is 0 Å². The summed E-state index contributed by atoms with van der Waals surface area (Å²) >= 11 is 0. The second kappa shape index (κ2) is 5.37. The van der Waals surface area contributed by atoms with Crippen molar-refractivity contribution in [2.24, 2.45) is 5.84 Å². The Balaban J connectivity index is 3.13. The van der Waals surface area contributed by atoms with Gasteiger partial charge in [-0.25, -0.2) is 0 Å². The smallest absolute Gasteiger partial charge is 0.398 e. The van der Waals surface area contributed by atoms with Gasteiger partial charge in [0.25, 0.3) is 0 Å². The Bertz CT molecular complexity index is 377. The highest BCUT2D eigenvalue weighted by Gasteiger charge is 2.31. The number of anilines is 1. The Morgan fingerprint density at radius 3 is 2.47 bits per heavy atom. The molecule has 0 saturated heterocycles. The number of nitrogens with two attached hydrogens (primary N) is 2. The van der Waals surface area contributed by atoms with Crippen LogP contribution in [0, 0.1) is 0 Å². The quantitative estimate of drug-likeness (QED) is 0.435. The molecule has 0 aliphatic carbocycles. The largest absolute Gasteiger partial charge is 0.416 e. The monoisotopic (exact) mass is 247 g/mol. The molecule has 17 heavy (non-hydrogen) atoms. The van der Waals surface area contributed by atoms with Crippen molar-refractivity contribution in [1.82, 2.24) is 5.43 Å². The van der Waals surface area contributed by atoms with E-state index in [4.69, 9.17) is 11.6 Å². The summed E-state index contributed by atoms with van der Waals surface area (Å²) in [6, 6.07) is 2.92. The van der Waals surface area contributed by atoms with Gasteiger partial charge in [0.15, 0.2) is 0 Å². The summed E-state index contributed by atoms with van der Waals surface area (Å²) in [7, 11) is 0. The number of nitrogen functional groups attached to an aromatic ring is 1. The first-order valence-electron chi connectivity index (χ1n) is 5.33. The summed E-state index contributed by atoms with van der Waals surface area (Å²) in [6.45, 7) is 1.92. The molecule has 1 aromatic carbocycles. The first-order chi connectivity index (χ1) is 7.90. The van der Waals surface area contributed by atoms with Crippen LogP contribution in [0.15, 0.2) is 18.2 Å². The second-order valence-electron chi connectivity index (χ2n) is 3.85. The Hall–Kier alpha value is -1.27. The van der Waals surface area contributed by atoms with Crippen LogP contribution in [-0.2, 0) is 6.18 Å². The van der Waals surface area contributed by atoms with Crippen molar-refractivity contribution >= 4 is 5.69 Å². The predicted octanol–water partition coefficient (Wildman–Crippen LogP) is 2.59. The van der Waals surface area contributed by atoms with Crippen LogP contribution < -0.4 is 17.0 Å². The first-order valence-corrected chi connectivity index (χ1v) is 5.33. The van der Waals surface area contributed by atoms with E-state index in [2.05, 4.69) is 5.43 Å². The van der Waals surface area contributed by atoms with Gasteiger partial charge in [-0.15, -0.1) is 0 Å². The van der Waals surface area contributed by atoms with Crippen molar-refractivity contribution < 1.29 is 13.2 Å². The van der Waals surface area contributed by atoms with E-state index in [9.17, 15) is 13.2 Å². The molecule has 0 saturated carbocycles. The molecule has 0 amide bonds. The third-order valence-corrected chi connectivity index (χ3v) is 2.57. The molecule has 3 nitrogen and oxygen atoms in total. The number of hydrazine groups is 1. The predicted molar refractivity (Wildman–Crippen MR) is 60.8 cm³/mol. The van der Waals surface area contributed by atoms with Gasteiger partial charge in [0.2, 0.25) is 0 Å². The average molecular weight is 247 g/mol. The normalized spacial score (nSPS) is 13.7. The van der Waals surface area contributed by atoms with Gasteiger partial charge in [-0.3, -0.25) is 11.3 Å². The minimum Gasteiger partial charge on any atom is -0.398 e. The molecular weight excluding hydrogens is 231 g/mol. The summed E-state index contributed by atoms with van der Waals surface area (Å²) in [5.74, 6) is 5.33. The average Bonchev–Trinajstić information content (AvgIpc) is 2.25. The zero-order valence-electron chi connectivity index (χ0n) is 9.51. The molecule has 0 bridgehead atoms. The molecule has 1 atom stereocenters. The van der Waals surface area contributed by atoms with Gasteiger partial charge < -0.3 is 5.73 Å². The molecule has 0 spiro atoms. The van der Waals surface area contributed by atoms with Crippen molar-refractivity contribution in [3.05, 3.63) is 29.3 Å². The topological polar surface area (TPSA) is 64.1 Å². The lowest BCUT2D eigenvalue weighted by molar-refractivity contribution is -0.137. The summed E-state index contributed by atoms with van der Waals surface area (Å²) in [6.07, 6.45) is -2.94. The molecule has 5 N–H and O–H groups in total. The number of hydrogen-bond donors (Lipinski definition) is 3. The highest BCUT2D eigenvalue weighted by atomic mass is 19.4. The van der Waals surface area contributed by atoms with Crippen LogP contribution in [0.4, 0.5) is 18.9 Å². The Morgan fingerprint density at radius 2 is 2.00 bits per heavy atom. The van der Waals surface area contributed by atoms with Crippen molar-refractivity contribution in [2.75, 3.05) is 5.73 Å². The van der Waals surface area contributed by atoms with Crippen LogP contribution in [0.3, 0.4) is 0 Å². The minimum absolute atomic E-state index is 0.314. The second-order valence-corrected chi connectivity index (χ2v) is 3.85. The molecule has 0 aliphatic heterocycles. The molecular formula is C11H16F3N3. The minimum atomic E-state index is -4.37. The standard InChI is InChI=1S/C11H16F3N3/c1-2-3-10(17-16)8-6-7(11(12,13)14)4-5-9(8)15/h4-6,10,17H,2-3,15-16H2,1H3. The van der Waals surface area contributed by atoms with E-state index in [0.717, 1.165) is 18.6 Å². The number of halogens is 3. The van der Waals surface area contributed by atoms with Crippen LogP contribution in [0.1, 0.15) is 36.9 Å². The highest BCUT2D eigenvalue weighted by molar-refractivity contribution is 5.50. The van der Waals surface area contributed by atoms with Gasteiger partial charge in [-0.05, 0) is 30.2 Å². The van der Waals surface area contributed by atoms with E-state index >= 15 is 0 Å². The molecule has 0 heterocycles. The molecule has 1 aromatic rings. The van der Waals surface area contributed by atoms with Crippen molar-refractivity contribution in [3.8, 4) is 0 Å². The summed E-state index contributed by atoms with van der Waals surface area (Å²) in [5, 5.41) is 0. The maximum atomic E-state index is 12.6. The third-order valence-electron chi connectivity index (χ3n) is 2.57. The lowest BCUT2D eigenvalue weighted by Crippen LogP contribution is -2.28. The fourth-order valence-corrected chi connectivity index (χ4v) is 1.67. The number of benzene rings is 1. The first kappa shape index (κ1) is 13.8. The zero-order valence-corrected chi connectivity index (χ0v) is 9.51. The van der Waals surface area contributed by atoms with Crippen LogP contribution in [0.2, 0.25) is 0 Å². The van der Waals surface area contributed by atoms with Crippen LogP contribution in [-0.4, -0.2) is 0 Å². The van der Waals surface area contributed by atoms with Crippen LogP contribution >= 0.6 is 0 Å². The highest BCUT2D eigenvalue weighted by Crippen LogP contribution is 2.33. The molecule has 96 valence electrons. The molecule has 0 aromatic heterocycles. The van der Waals surface area contributed by atoms with Crippen molar-refractivity contribution in [2.45, 2.75) is 32.0 Å². The summed E-state index contributed by atoms with van der Waals surface area (Å²) in [4.78, 5) is 0. The van der Waals surface area contributed by atoms with E-state index in [1.165, 1.54) is 6.07 Å². The van der Waals surface area contributed by atoms with Crippen molar-refractivity contribution in [1.29, 1.82) is 0 Å². The van der Waals surface area contributed by atoms with E-state index in [0.29, 0.717) is 17.7 Å². The maximum Gasteiger partial charge on any atom is 0.416 e. The third kappa shape index (κ3) is 3.34. The van der Waals surface area contributed by atoms with E-state index in [1.54, 1.807) is 0 Å². The van der Waals surface area contributed by atoms with Gasteiger partial charge in [0.1, 0.15) is 0 Å². The lowest BCUT2D eigenvalue weighted by Gasteiger charge is -2.19. The summed E-state index contributed by atoms with van der Waals surface area (Å²) in [5.41, 5.74) is 8.16. The van der Waals surface area contributed by atoms with Gasteiger partial charge >= 0.3 is 6.18 Å². The number of hydrogen-bond acceptors (Lipinski definition) is 3. The van der Waals surface area contributed by atoms with Gasteiger partial charge in [-0.2, -0.15) is 13.2 Å². The molecule has 1 unspecified atom stereocenters. The van der Waals surface area contributed by atoms with E-state index in [-0.39, 0.29) is 6.04 Å². The molecule has 0 radical (unpaired) electrons. The number of alkyl halides is 3. The van der Waals surface area contributed by atoms with E-state index < -0.39 is 11.7 Å². The molecule has 6 heteroatoms. The lowest BCUT2D eigenvalue weighted by atomic mass is 9.98. The molecule has 1 rings (SSSR count). The maximum absolute atomic E-state index is 12.6. The fraction of sp³-hybridized carbons (Fsp3) is 0.455.